The first-order valence-electron chi connectivity index (χ1n) is 5.90. The first-order chi connectivity index (χ1) is 9.25. The van der Waals surface area contributed by atoms with Crippen LogP contribution in [0.15, 0.2) is 18.2 Å². The highest BCUT2D eigenvalue weighted by Gasteiger charge is 2.05. The lowest BCUT2D eigenvalue weighted by molar-refractivity contribution is -0.870. The van der Waals surface area contributed by atoms with Crippen molar-refractivity contribution >= 4 is 39.0 Å². The van der Waals surface area contributed by atoms with Crippen LogP contribution < -0.4 is 0 Å². The van der Waals surface area contributed by atoms with E-state index in [0.717, 1.165) is 11.0 Å². The highest BCUT2D eigenvalue weighted by atomic mass is 127. The maximum Gasteiger partial charge on any atom is 0.222 e. The first kappa shape index (κ1) is 18.9. The molecule has 5 nitrogen and oxygen atoms in total. The molecule has 0 aliphatic carbocycles. The molecule has 6 heteroatoms. The van der Waals surface area contributed by atoms with E-state index in [1.54, 1.807) is 22.6 Å². The third-order valence-corrected chi connectivity index (χ3v) is 2.96. The lowest BCUT2D eigenvalue weighted by atomic mass is 10.1. The molecule has 0 saturated heterocycles. The summed E-state index contributed by atoms with van der Waals surface area (Å²) < 4.78 is 0.689. The van der Waals surface area contributed by atoms with E-state index in [2.05, 4.69) is 21.1 Å². The van der Waals surface area contributed by atoms with E-state index >= 15 is 0 Å². The summed E-state index contributed by atoms with van der Waals surface area (Å²) in [4.78, 5) is 31.8. The van der Waals surface area contributed by atoms with Crippen molar-refractivity contribution in [3.63, 3.8) is 0 Å². The maximum atomic E-state index is 10.9. The minimum absolute atomic E-state index is 0.154. The van der Waals surface area contributed by atoms with Crippen LogP contribution in [0.4, 0.5) is 0 Å². The minimum atomic E-state index is -0.154. The molecule has 0 bridgehead atoms. The number of carbonyl (C=O) groups is 3. The number of hydrogen-bond donors (Lipinski definition) is 1. The topological polar surface area (TPSA) is 71.4 Å². The fourth-order valence-electron chi connectivity index (χ4n) is 1.21. The molecule has 1 rings (SSSR count). The highest BCUT2D eigenvalue weighted by molar-refractivity contribution is 14.1. The molecule has 1 aromatic rings. The molecule has 0 aromatic heterocycles. The predicted octanol–water partition coefficient (Wildman–Crippen LogP) is 1.57. The zero-order valence-corrected chi connectivity index (χ0v) is 14.0. The van der Waals surface area contributed by atoms with E-state index in [1.807, 2.05) is 0 Å². The largest absolute Gasteiger partial charge is 0.391 e. The van der Waals surface area contributed by atoms with E-state index in [4.69, 9.17) is 5.11 Å². The van der Waals surface area contributed by atoms with Gasteiger partial charge in [0, 0.05) is 39.3 Å². The van der Waals surface area contributed by atoms with Gasteiger partial charge < -0.3 is 9.59 Å². The molecule has 0 atom stereocenters. The van der Waals surface area contributed by atoms with Gasteiger partial charge in [0.15, 0.2) is 12.6 Å². The second-order valence-electron chi connectivity index (χ2n) is 5.09. The summed E-state index contributed by atoms with van der Waals surface area (Å²) >= 11 is 1.62. The number of aliphatic hydroxyl groups is 1. The average molecular weight is 392 g/mol. The summed E-state index contributed by atoms with van der Waals surface area (Å²) in [5.74, 6) is 0. The number of benzene rings is 1. The lowest BCUT2D eigenvalue weighted by Crippen LogP contribution is -2.36. The van der Waals surface area contributed by atoms with Crippen LogP contribution in [-0.2, 0) is 0 Å². The first-order valence-corrected chi connectivity index (χ1v) is 6.98. The Labute approximate surface area is 132 Å². The van der Waals surface area contributed by atoms with Crippen LogP contribution in [0.25, 0.3) is 0 Å². The van der Waals surface area contributed by atoms with Gasteiger partial charge in [-0.2, -0.15) is 0 Å². The Morgan fingerprint density at radius 2 is 1.75 bits per heavy atom. The van der Waals surface area contributed by atoms with Crippen molar-refractivity contribution in [1.82, 2.24) is 0 Å². The van der Waals surface area contributed by atoms with E-state index in [-0.39, 0.29) is 16.0 Å². The van der Waals surface area contributed by atoms with Crippen molar-refractivity contribution in [2.75, 3.05) is 34.3 Å². The fourth-order valence-corrected chi connectivity index (χ4v) is 1.54. The van der Waals surface area contributed by atoms with Gasteiger partial charge in [-0.05, 0) is 12.1 Å². The number of quaternary nitrogens is 1. The Bertz CT molecular complexity index is 481. The summed E-state index contributed by atoms with van der Waals surface area (Å²) in [6.45, 7) is 1.11. The van der Waals surface area contributed by atoms with E-state index in [9.17, 15) is 14.4 Å². The zero-order valence-electron chi connectivity index (χ0n) is 11.8. The number of likely N-dealkylation sites (N-methyl/N-ethyl adjacent to an activating group) is 1. The Morgan fingerprint density at radius 3 is 2.05 bits per heavy atom. The van der Waals surface area contributed by atoms with Crippen molar-refractivity contribution in [3.05, 3.63) is 34.9 Å². The second-order valence-corrected chi connectivity index (χ2v) is 6.07. The van der Waals surface area contributed by atoms with Gasteiger partial charge in [-0.25, -0.2) is 0 Å². The normalized spacial score (nSPS) is 10.2. The maximum absolute atomic E-state index is 10.9. The van der Waals surface area contributed by atoms with Gasteiger partial charge in [-0.3, -0.25) is 14.4 Å². The summed E-state index contributed by atoms with van der Waals surface area (Å²) in [6, 6.07) is 4.39. The van der Waals surface area contributed by atoms with Crippen LogP contribution in [0.2, 0.25) is 0 Å². The Hall–Kier alpha value is -1.12. The molecule has 1 aromatic carbocycles. The second kappa shape index (κ2) is 8.93. The number of carbonyl (C=O) groups excluding carboxylic acids is 3. The van der Waals surface area contributed by atoms with Crippen molar-refractivity contribution in [1.29, 1.82) is 0 Å². The molecule has 0 spiro atoms. The van der Waals surface area contributed by atoms with E-state index < -0.39 is 0 Å². The quantitative estimate of drug-likeness (QED) is 0.358. The average Bonchev–Trinajstić information content (AvgIpc) is 2.37. The Kier molecular flexibility index (Phi) is 8.43. The molecule has 0 radical (unpaired) electrons. The molecular formula is C14H19INO4+. The monoisotopic (exact) mass is 392 g/mol. The van der Waals surface area contributed by atoms with Gasteiger partial charge in [0.05, 0.1) is 27.7 Å². The number of rotatable bonds is 5. The molecule has 110 valence electrons. The van der Waals surface area contributed by atoms with Gasteiger partial charge in [0.25, 0.3) is 0 Å². The molecule has 0 heterocycles. The number of aliphatic hydroxyl groups excluding tert-OH is 1. The summed E-state index contributed by atoms with van der Waals surface area (Å²) in [5, 5.41) is 8.39. The van der Waals surface area contributed by atoms with Crippen LogP contribution in [0, 0.1) is 0 Å². The SMILES string of the molecule is C[N+](C)(C)CCO.O=Cc1ccc(C(=O)I)cc1C=O. The summed E-state index contributed by atoms with van der Waals surface area (Å²) in [7, 11) is 6.16. The van der Waals surface area contributed by atoms with Crippen LogP contribution in [0.3, 0.4) is 0 Å². The smallest absolute Gasteiger partial charge is 0.222 e. The molecule has 0 aliphatic heterocycles. The summed E-state index contributed by atoms with van der Waals surface area (Å²) in [6.07, 6.45) is 1.15. The van der Waals surface area contributed by atoms with Crippen molar-refractivity contribution in [3.8, 4) is 0 Å². The van der Waals surface area contributed by atoms with Gasteiger partial charge >= 0.3 is 0 Å². The Morgan fingerprint density at radius 1 is 1.20 bits per heavy atom. The van der Waals surface area contributed by atoms with Crippen molar-refractivity contribution in [2.24, 2.45) is 0 Å². The zero-order chi connectivity index (χ0) is 15.8. The molecule has 0 saturated carbocycles. The molecule has 0 fully saturated rings. The molecule has 1 N–H and O–H groups in total. The number of hydrogen-bond acceptors (Lipinski definition) is 4. The molecule has 0 amide bonds. The van der Waals surface area contributed by atoms with Gasteiger partial charge in [-0.1, -0.05) is 6.07 Å². The van der Waals surface area contributed by atoms with Crippen molar-refractivity contribution < 1.29 is 24.0 Å². The fraction of sp³-hybridized carbons (Fsp3) is 0.357. The van der Waals surface area contributed by atoms with Crippen LogP contribution in [0.1, 0.15) is 31.1 Å². The van der Waals surface area contributed by atoms with Crippen molar-refractivity contribution in [2.45, 2.75) is 0 Å². The standard InChI is InChI=1S/C9H5IO3.C5H14NO/c10-9(13)6-1-2-7(4-11)8(3-6)5-12;1-6(2,3)4-5-7/h1-5H;7H,4-5H2,1-3H3/q;+1. The number of nitrogens with zero attached hydrogens (tertiary/aromatic N) is 1. The highest BCUT2D eigenvalue weighted by Crippen LogP contribution is 2.11. The van der Waals surface area contributed by atoms with Crippen LogP contribution >= 0.6 is 22.6 Å². The number of aldehydes is 2. The molecule has 20 heavy (non-hydrogen) atoms. The molecule has 0 unspecified atom stereocenters. The molecular weight excluding hydrogens is 373 g/mol. The third-order valence-electron chi connectivity index (χ3n) is 2.34. The van der Waals surface area contributed by atoms with E-state index in [0.29, 0.717) is 23.7 Å². The summed E-state index contributed by atoms with van der Waals surface area (Å²) in [5.41, 5.74) is 0.974. The Balaban J connectivity index is 0.000000441. The number of halogens is 1. The van der Waals surface area contributed by atoms with Crippen LogP contribution in [-0.4, -0.2) is 60.2 Å². The van der Waals surface area contributed by atoms with Crippen LogP contribution in [0.5, 0.6) is 0 Å². The minimum Gasteiger partial charge on any atom is -0.391 e. The van der Waals surface area contributed by atoms with Gasteiger partial charge in [-0.15, -0.1) is 0 Å². The molecule has 0 aliphatic rings. The predicted molar refractivity (Wildman–Crippen MR) is 85.6 cm³/mol. The van der Waals surface area contributed by atoms with Gasteiger partial charge in [0.2, 0.25) is 3.79 Å². The van der Waals surface area contributed by atoms with E-state index in [1.165, 1.54) is 18.2 Å². The lowest BCUT2D eigenvalue weighted by Gasteiger charge is -2.21. The third kappa shape index (κ3) is 7.46. The van der Waals surface area contributed by atoms with Gasteiger partial charge in [0.1, 0.15) is 6.54 Å².